The highest BCUT2D eigenvalue weighted by Crippen LogP contribution is 2.15. The van der Waals surface area contributed by atoms with E-state index in [2.05, 4.69) is 16.0 Å². The van der Waals surface area contributed by atoms with Gasteiger partial charge < -0.3 is 20.4 Å². The van der Waals surface area contributed by atoms with E-state index in [1.54, 1.807) is 54.0 Å². The van der Waals surface area contributed by atoms with Crippen LogP contribution in [0.15, 0.2) is 64.6 Å². The van der Waals surface area contributed by atoms with E-state index in [0.29, 0.717) is 30.1 Å². The molecule has 1 aromatic carbocycles. The van der Waals surface area contributed by atoms with Gasteiger partial charge in [-0.1, -0.05) is 6.07 Å². The second-order valence-electron chi connectivity index (χ2n) is 5.59. The number of thiophene rings is 1. The van der Waals surface area contributed by atoms with Crippen LogP contribution in [-0.4, -0.2) is 11.9 Å². The number of urea groups is 1. The van der Waals surface area contributed by atoms with Crippen molar-refractivity contribution in [3.63, 3.8) is 0 Å². The lowest BCUT2D eigenvalue weighted by Gasteiger charge is -2.08. The van der Waals surface area contributed by atoms with Crippen molar-refractivity contribution < 1.29 is 14.0 Å². The Morgan fingerprint density at radius 1 is 0.962 bits per heavy atom. The molecule has 0 fully saturated rings. The predicted molar refractivity (Wildman–Crippen MR) is 102 cm³/mol. The molecule has 6 nitrogen and oxygen atoms in total. The van der Waals surface area contributed by atoms with Gasteiger partial charge in [0.1, 0.15) is 5.76 Å². The van der Waals surface area contributed by atoms with Gasteiger partial charge in [0.15, 0.2) is 0 Å². The second kappa shape index (κ2) is 8.87. The molecule has 3 amide bonds. The van der Waals surface area contributed by atoms with Gasteiger partial charge in [-0.15, -0.1) is 11.3 Å². The third kappa shape index (κ3) is 5.49. The Hall–Kier alpha value is -3.06. The monoisotopic (exact) mass is 369 g/mol. The standard InChI is InChI=1S/C19H19N3O3S/c23-18(10-9-17-4-2-12-26-17)21-14-5-7-15(8-6-14)22-19(24)20-13-16-3-1-11-25-16/h1-8,11-12H,9-10,13H2,(H,21,23)(H2,20,22,24). The third-order valence-electron chi connectivity index (χ3n) is 3.61. The fraction of sp³-hybridized carbons (Fsp3) is 0.158. The van der Waals surface area contributed by atoms with Gasteiger partial charge >= 0.3 is 6.03 Å². The quantitative estimate of drug-likeness (QED) is 0.583. The predicted octanol–water partition coefficient (Wildman–Crippen LogP) is 4.23. The second-order valence-corrected chi connectivity index (χ2v) is 6.62. The highest BCUT2D eigenvalue weighted by molar-refractivity contribution is 7.09. The average Bonchev–Trinajstić information content (AvgIpc) is 3.34. The van der Waals surface area contributed by atoms with Gasteiger partial charge in [0.25, 0.3) is 0 Å². The number of aryl methyl sites for hydroxylation is 1. The van der Waals surface area contributed by atoms with Crippen molar-refractivity contribution in [2.45, 2.75) is 19.4 Å². The SMILES string of the molecule is O=C(CCc1cccs1)Nc1ccc(NC(=O)NCc2ccco2)cc1. The first-order valence-corrected chi connectivity index (χ1v) is 9.06. The van der Waals surface area contributed by atoms with Crippen LogP contribution in [-0.2, 0) is 17.8 Å². The van der Waals surface area contributed by atoms with Crippen LogP contribution >= 0.6 is 11.3 Å². The van der Waals surface area contributed by atoms with Gasteiger partial charge in [-0.2, -0.15) is 0 Å². The number of carbonyl (C=O) groups excluding carboxylic acids is 2. The molecule has 0 saturated carbocycles. The molecular weight excluding hydrogens is 350 g/mol. The van der Waals surface area contributed by atoms with Crippen molar-refractivity contribution in [2.75, 3.05) is 10.6 Å². The van der Waals surface area contributed by atoms with Crippen LogP contribution in [0.2, 0.25) is 0 Å². The maximum atomic E-state index is 12.0. The maximum absolute atomic E-state index is 12.0. The molecule has 0 aliphatic heterocycles. The fourth-order valence-electron chi connectivity index (χ4n) is 2.31. The van der Waals surface area contributed by atoms with Crippen LogP contribution in [0.4, 0.5) is 16.2 Å². The van der Waals surface area contributed by atoms with Gasteiger partial charge in [0, 0.05) is 22.7 Å². The van der Waals surface area contributed by atoms with E-state index in [0.717, 1.165) is 6.42 Å². The summed E-state index contributed by atoms with van der Waals surface area (Å²) in [6.45, 7) is 0.317. The molecule has 2 heterocycles. The number of benzene rings is 1. The summed E-state index contributed by atoms with van der Waals surface area (Å²) < 4.78 is 5.15. The summed E-state index contributed by atoms with van der Waals surface area (Å²) in [5, 5.41) is 10.3. The van der Waals surface area contributed by atoms with Crippen molar-refractivity contribution in [3.8, 4) is 0 Å². The summed E-state index contributed by atoms with van der Waals surface area (Å²) in [6, 6.07) is 14.2. The van der Waals surface area contributed by atoms with E-state index in [4.69, 9.17) is 4.42 Å². The average molecular weight is 369 g/mol. The van der Waals surface area contributed by atoms with Gasteiger partial charge in [0.2, 0.25) is 5.91 Å². The molecule has 0 unspecified atom stereocenters. The van der Waals surface area contributed by atoms with Crippen molar-refractivity contribution in [1.29, 1.82) is 0 Å². The lowest BCUT2D eigenvalue weighted by molar-refractivity contribution is -0.116. The number of hydrogen-bond donors (Lipinski definition) is 3. The number of anilines is 2. The summed E-state index contributed by atoms with van der Waals surface area (Å²) in [4.78, 5) is 25.0. The van der Waals surface area contributed by atoms with Gasteiger partial charge in [-0.05, 0) is 54.3 Å². The molecule has 0 aliphatic carbocycles. The van der Waals surface area contributed by atoms with Crippen molar-refractivity contribution in [3.05, 3.63) is 70.8 Å². The lowest BCUT2D eigenvalue weighted by Crippen LogP contribution is -2.27. The summed E-state index contributed by atoms with van der Waals surface area (Å²) in [6.07, 6.45) is 2.73. The third-order valence-corrected chi connectivity index (χ3v) is 4.54. The minimum Gasteiger partial charge on any atom is -0.467 e. The zero-order chi connectivity index (χ0) is 18.2. The highest BCUT2D eigenvalue weighted by atomic mass is 32.1. The fourth-order valence-corrected chi connectivity index (χ4v) is 3.02. The Morgan fingerprint density at radius 3 is 2.38 bits per heavy atom. The zero-order valence-corrected chi connectivity index (χ0v) is 14.8. The number of rotatable bonds is 7. The molecule has 26 heavy (non-hydrogen) atoms. The molecule has 134 valence electrons. The van der Waals surface area contributed by atoms with E-state index in [1.807, 2.05) is 17.5 Å². The molecule has 3 aromatic rings. The number of carbonyl (C=O) groups is 2. The molecule has 0 saturated heterocycles. The minimum absolute atomic E-state index is 0.0321. The highest BCUT2D eigenvalue weighted by Gasteiger charge is 2.06. The number of amides is 3. The van der Waals surface area contributed by atoms with Gasteiger partial charge in [-0.3, -0.25) is 4.79 Å². The molecule has 7 heteroatoms. The van der Waals surface area contributed by atoms with E-state index in [9.17, 15) is 9.59 Å². The first-order chi connectivity index (χ1) is 12.7. The summed E-state index contributed by atoms with van der Waals surface area (Å²) in [5.41, 5.74) is 1.33. The number of nitrogens with one attached hydrogen (secondary N) is 3. The first kappa shape index (κ1) is 17.8. The molecule has 2 aromatic heterocycles. The Morgan fingerprint density at radius 2 is 1.73 bits per heavy atom. The molecule has 0 aliphatic rings. The summed E-state index contributed by atoms with van der Waals surface area (Å²) >= 11 is 1.65. The molecule has 0 radical (unpaired) electrons. The van der Waals surface area contributed by atoms with E-state index in [-0.39, 0.29) is 11.9 Å². The smallest absolute Gasteiger partial charge is 0.319 e. The molecule has 0 atom stereocenters. The minimum atomic E-state index is -0.325. The van der Waals surface area contributed by atoms with Crippen LogP contribution < -0.4 is 16.0 Å². The van der Waals surface area contributed by atoms with Gasteiger partial charge in [0.05, 0.1) is 12.8 Å². The van der Waals surface area contributed by atoms with Crippen LogP contribution in [0.1, 0.15) is 17.1 Å². The molecule has 3 rings (SSSR count). The molecule has 3 N–H and O–H groups in total. The molecular formula is C19H19N3O3S. The first-order valence-electron chi connectivity index (χ1n) is 8.18. The number of hydrogen-bond acceptors (Lipinski definition) is 4. The van der Waals surface area contributed by atoms with Gasteiger partial charge in [-0.25, -0.2) is 4.79 Å². The Bertz CT molecular complexity index is 756. The largest absolute Gasteiger partial charge is 0.467 e. The van der Waals surface area contributed by atoms with Crippen LogP contribution in [0.3, 0.4) is 0 Å². The Labute approximate surface area is 155 Å². The number of furan rings is 1. The van der Waals surface area contributed by atoms with Crippen molar-refractivity contribution in [1.82, 2.24) is 5.32 Å². The zero-order valence-electron chi connectivity index (χ0n) is 14.0. The van der Waals surface area contributed by atoms with E-state index in [1.165, 1.54) is 4.88 Å². The normalized spacial score (nSPS) is 10.3. The molecule has 0 bridgehead atoms. The summed E-state index contributed by atoms with van der Waals surface area (Å²) in [5.74, 6) is 0.649. The van der Waals surface area contributed by atoms with Crippen LogP contribution in [0, 0.1) is 0 Å². The Kier molecular flexibility index (Phi) is 6.05. The van der Waals surface area contributed by atoms with E-state index < -0.39 is 0 Å². The Balaban J connectivity index is 1.42. The van der Waals surface area contributed by atoms with Crippen LogP contribution in [0.5, 0.6) is 0 Å². The van der Waals surface area contributed by atoms with Crippen molar-refractivity contribution in [2.24, 2.45) is 0 Å². The topological polar surface area (TPSA) is 83.4 Å². The molecule has 0 spiro atoms. The lowest BCUT2D eigenvalue weighted by atomic mass is 10.2. The van der Waals surface area contributed by atoms with E-state index >= 15 is 0 Å². The van der Waals surface area contributed by atoms with Crippen LogP contribution in [0.25, 0.3) is 0 Å². The summed E-state index contributed by atoms with van der Waals surface area (Å²) in [7, 11) is 0. The van der Waals surface area contributed by atoms with Crippen molar-refractivity contribution >= 4 is 34.6 Å². The maximum Gasteiger partial charge on any atom is 0.319 e.